The third-order valence-electron chi connectivity index (χ3n) is 0. The topological polar surface area (TPSA) is 0 Å². The Morgan fingerprint density at radius 2 is 1.00 bits per heavy atom. The molecular weight excluding hydrogens is 323 g/mol. The molecule has 5 heavy (non-hydrogen) atoms. The van der Waals surface area contributed by atoms with Crippen LogP contribution in [0.5, 0.6) is 0 Å². The van der Waals surface area contributed by atoms with E-state index < -0.39 is 0 Å². The Morgan fingerprint density at radius 3 is 1.00 bits per heavy atom. The molecule has 0 unspecified atom stereocenters. The summed E-state index contributed by atoms with van der Waals surface area (Å²) in [4.78, 5) is 0. The second-order valence-electron chi connectivity index (χ2n) is 0. The van der Waals surface area contributed by atoms with Crippen LogP contribution in [0.15, 0.2) is 0 Å². The summed E-state index contributed by atoms with van der Waals surface area (Å²) in [7, 11) is 0. The molecule has 0 aromatic heterocycles. The molecule has 5 heteroatoms. The zero-order valence-corrected chi connectivity index (χ0v) is 1.22. The Bertz CT molecular complexity index is 11.6. The number of hydrogen-bond donors (Lipinski definition) is 0. The van der Waals surface area contributed by atoms with Crippen LogP contribution in [-0.2, 0) is 0 Å². The van der Waals surface area contributed by atoms with Crippen molar-refractivity contribution in [3.8, 4) is 0 Å². The van der Waals surface area contributed by atoms with E-state index in [4.69, 9.17) is 0 Å². The summed E-state index contributed by atoms with van der Waals surface area (Å²) in [6.45, 7) is 0. The molecule has 0 aliphatic carbocycles. The molecule has 0 bridgehead atoms. The second-order valence-corrected chi connectivity index (χ2v) is 0. The zero-order chi connectivity index (χ0) is 0. The molecule has 0 aliphatic rings. The van der Waals surface area contributed by atoms with Crippen molar-refractivity contribution in [2.24, 2.45) is 0 Å². The molecule has 0 spiro atoms. The first-order valence-electron chi connectivity index (χ1n) is 0. The van der Waals surface area contributed by atoms with Gasteiger partial charge < -0.3 is 0 Å². The Kier molecular flexibility index (Phi) is 141. The van der Waals surface area contributed by atoms with Crippen molar-refractivity contribution in [3.63, 3.8) is 0 Å². The van der Waals surface area contributed by atoms with Crippen molar-refractivity contribution in [2.75, 3.05) is 0 Å². The van der Waals surface area contributed by atoms with Gasteiger partial charge in [-0.05, 0) is 0 Å². The van der Waals surface area contributed by atoms with Gasteiger partial charge in [-0.15, -0.1) is 12.4 Å². The Hall–Kier alpha value is 5.60. The number of rotatable bonds is 0. The summed E-state index contributed by atoms with van der Waals surface area (Å²) in [5.74, 6) is 0. The van der Waals surface area contributed by atoms with Crippen molar-refractivity contribution in [2.45, 2.75) is 0 Å². The van der Waals surface area contributed by atoms with E-state index in [0.717, 1.165) is 0 Å². The molecule has 0 heterocycles. The third kappa shape index (κ3) is 17.7. The molecular formula is H8BaCaClNaSr. The van der Waals surface area contributed by atoms with Gasteiger partial charge in [0.1, 0.15) is 0 Å². The van der Waals surface area contributed by atoms with Crippen molar-refractivity contribution < 1.29 is 0 Å². The molecule has 0 nitrogen and oxygen atoms in total. The van der Waals surface area contributed by atoms with Crippen LogP contribution in [-0.4, -0.2) is 162 Å². The summed E-state index contributed by atoms with van der Waals surface area (Å²) >= 11 is 0. The van der Waals surface area contributed by atoms with Crippen LogP contribution in [0.25, 0.3) is 0 Å². The van der Waals surface area contributed by atoms with E-state index in [1.165, 1.54) is 0 Å². The standard InChI is InChI=1S/Ba.Ca.ClH.Na.Sr.7H/h;;1H;;;;;;;;;. The van der Waals surface area contributed by atoms with Crippen molar-refractivity contribution in [1.29, 1.82) is 0 Å². The van der Waals surface area contributed by atoms with E-state index in [0.29, 0.717) is 0 Å². The van der Waals surface area contributed by atoms with Gasteiger partial charge in [-0.25, -0.2) is 0 Å². The van der Waals surface area contributed by atoms with Crippen LogP contribution in [0, 0.1) is 0 Å². The van der Waals surface area contributed by atoms with Crippen LogP contribution in [0.1, 0.15) is 0 Å². The maximum absolute atomic E-state index is 0. The van der Waals surface area contributed by atoms with E-state index in [2.05, 4.69) is 0 Å². The Labute approximate surface area is 168 Å². The van der Waals surface area contributed by atoms with Crippen molar-refractivity contribution >= 4 is 174 Å². The van der Waals surface area contributed by atoms with Gasteiger partial charge in [-0.1, -0.05) is 0 Å². The third-order valence-corrected chi connectivity index (χ3v) is 0. The molecule has 0 N–H and O–H groups in total. The minimum atomic E-state index is 0. The predicted octanol–water partition coefficient (Wildman–Crippen LogP) is -2.98. The minimum absolute atomic E-state index is 0. The van der Waals surface area contributed by atoms with Gasteiger partial charge in [-0.2, -0.15) is 0 Å². The Balaban J connectivity index is 0. The van der Waals surface area contributed by atoms with Crippen LogP contribution in [0.4, 0.5) is 0 Å². The molecule has 0 radical (unpaired) electrons. The molecule has 0 saturated heterocycles. The van der Waals surface area contributed by atoms with Gasteiger partial charge in [0, 0.05) is 0 Å². The summed E-state index contributed by atoms with van der Waals surface area (Å²) in [6.07, 6.45) is 0. The quantitative estimate of drug-likeness (QED) is 0.416. The fourth-order valence-corrected chi connectivity index (χ4v) is 0. The average Bonchev–Trinajstić information content (AvgIpc) is 0. The van der Waals surface area contributed by atoms with E-state index >= 15 is 0 Å². The van der Waals surface area contributed by atoms with Gasteiger partial charge in [0.15, 0.2) is 0 Å². The van der Waals surface area contributed by atoms with Gasteiger partial charge in [-0.3, -0.25) is 0 Å². The van der Waals surface area contributed by atoms with E-state index in [1.807, 2.05) is 0 Å². The first-order chi connectivity index (χ1) is 0. The van der Waals surface area contributed by atoms with Crippen LogP contribution < -0.4 is 0 Å². The number of hydrogen-bond acceptors (Lipinski definition) is 0. The molecule has 0 aliphatic heterocycles. The predicted molar refractivity (Wildman–Crippen MR) is 40.0 cm³/mol. The molecule has 0 saturated carbocycles. The molecule has 0 aromatic rings. The molecule has 0 rings (SSSR count). The first-order valence-corrected chi connectivity index (χ1v) is 0. The zero-order valence-electron chi connectivity index (χ0n) is 0.408. The van der Waals surface area contributed by atoms with E-state index in [1.54, 1.807) is 0 Å². The molecule has 0 amide bonds. The average molecular weight is 332 g/mol. The maximum atomic E-state index is 0. The van der Waals surface area contributed by atoms with Crippen molar-refractivity contribution in [1.82, 2.24) is 0 Å². The molecule has 0 aromatic carbocycles. The van der Waals surface area contributed by atoms with Crippen LogP contribution in [0.2, 0.25) is 0 Å². The molecule has 0 atom stereocenters. The monoisotopic (exact) mass is 332 g/mol. The fourth-order valence-electron chi connectivity index (χ4n) is 0. The van der Waals surface area contributed by atoms with Crippen LogP contribution >= 0.6 is 12.4 Å². The molecule has 22 valence electrons. The SMILES string of the molecule is Cl.[BaH2].[CaH2].[NaH].[SrH2]. The molecule has 0 fully saturated rings. The van der Waals surface area contributed by atoms with Crippen molar-refractivity contribution in [3.05, 3.63) is 0 Å². The van der Waals surface area contributed by atoms with Crippen LogP contribution in [0.3, 0.4) is 0 Å². The van der Waals surface area contributed by atoms with Gasteiger partial charge in [0.2, 0.25) is 0 Å². The summed E-state index contributed by atoms with van der Waals surface area (Å²) in [5, 5.41) is 0. The van der Waals surface area contributed by atoms with E-state index in [-0.39, 0.29) is 174 Å². The first kappa shape index (κ1) is 31.1. The van der Waals surface area contributed by atoms with Gasteiger partial charge in [0.05, 0.1) is 0 Å². The number of halogens is 1. The fraction of sp³-hybridized carbons (Fsp3) is 0. The summed E-state index contributed by atoms with van der Waals surface area (Å²) in [5.41, 5.74) is 0. The summed E-state index contributed by atoms with van der Waals surface area (Å²) in [6, 6.07) is 0. The summed E-state index contributed by atoms with van der Waals surface area (Å²) < 4.78 is 0. The Morgan fingerprint density at radius 1 is 1.00 bits per heavy atom. The van der Waals surface area contributed by atoms with Gasteiger partial charge in [0.25, 0.3) is 0 Å². The van der Waals surface area contributed by atoms with Gasteiger partial charge >= 0.3 is 162 Å². The normalized spacial score (nSPS) is 0. The second kappa shape index (κ2) is 22.6. The van der Waals surface area contributed by atoms with E-state index in [9.17, 15) is 0 Å².